The number of hydrogen-bond acceptors (Lipinski definition) is 3. The highest BCUT2D eigenvalue weighted by Crippen LogP contribution is 2.20. The molecule has 0 radical (unpaired) electrons. The van der Waals surface area contributed by atoms with Crippen LogP contribution in [0.5, 0.6) is 0 Å². The second-order valence-corrected chi connectivity index (χ2v) is 6.25. The van der Waals surface area contributed by atoms with Gasteiger partial charge in [-0.2, -0.15) is 0 Å². The fourth-order valence-corrected chi connectivity index (χ4v) is 3.17. The summed E-state index contributed by atoms with van der Waals surface area (Å²) in [6.07, 6.45) is 11.8. The van der Waals surface area contributed by atoms with E-state index in [2.05, 4.69) is 4.98 Å². The van der Waals surface area contributed by atoms with E-state index in [1.165, 1.54) is 0 Å². The molecule has 2 N–H and O–H groups in total. The number of hydrogen-bond donors (Lipinski definition) is 1. The van der Waals surface area contributed by atoms with Gasteiger partial charge in [-0.1, -0.05) is 12.1 Å². The number of amides is 2. The summed E-state index contributed by atoms with van der Waals surface area (Å²) in [6.45, 7) is 0.681. The molecule has 2 aromatic rings. The number of likely N-dealkylation sites (tertiary alicyclic amines) is 1. The van der Waals surface area contributed by atoms with E-state index < -0.39 is 0 Å². The normalized spacial score (nSPS) is 17.8. The van der Waals surface area contributed by atoms with Crippen molar-refractivity contribution in [3.63, 3.8) is 0 Å². The third-order valence-corrected chi connectivity index (χ3v) is 4.46. The van der Waals surface area contributed by atoms with Crippen molar-refractivity contribution in [2.75, 3.05) is 6.54 Å². The van der Waals surface area contributed by atoms with Crippen LogP contribution in [0.4, 0.5) is 0 Å². The lowest BCUT2D eigenvalue weighted by Crippen LogP contribution is -2.44. The van der Waals surface area contributed by atoms with E-state index in [1.807, 2.05) is 35.0 Å². The predicted molar refractivity (Wildman–Crippen MR) is 95.8 cm³/mol. The van der Waals surface area contributed by atoms with Crippen molar-refractivity contribution in [2.24, 2.45) is 5.73 Å². The van der Waals surface area contributed by atoms with E-state index >= 15 is 0 Å². The van der Waals surface area contributed by atoms with Gasteiger partial charge >= 0.3 is 0 Å². The van der Waals surface area contributed by atoms with Gasteiger partial charge in [-0.3, -0.25) is 9.59 Å². The summed E-state index contributed by atoms with van der Waals surface area (Å²) in [5.74, 6) is -0.423. The fraction of sp³-hybridized carbons (Fsp3) is 0.316. The number of nitrogens with zero attached hydrogens (tertiary/aromatic N) is 3. The summed E-state index contributed by atoms with van der Waals surface area (Å²) in [7, 11) is 0. The molecule has 1 aliphatic heterocycles. The molecule has 1 aromatic carbocycles. The number of benzene rings is 1. The maximum atomic E-state index is 12.5. The zero-order valence-corrected chi connectivity index (χ0v) is 14.0. The number of carbonyl (C=O) groups excluding carboxylic acids is 2. The van der Waals surface area contributed by atoms with Crippen LogP contribution in [0.1, 0.15) is 31.2 Å². The summed E-state index contributed by atoms with van der Waals surface area (Å²) in [5.41, 5.74) is 7.26. The van der Waals surface area contributed by atoms with Gasteiger partial charge in [0.05, 0.1) is 6.33 Å². The maximum absolute atomic E-state index is 12.5. The van der Waals surface area contributed by atoms with Crippen molar-refractivity contribution in [2.45, 2.75) is 31.7 Å². The van der Waals surface area contributed by atoms with Gasteiger partial charge in [0.25, 0.3) is 0 Å². The molecule has 0 bridgehead atoms. The smallest absolute Gasteiger partial charge is 0.246 e. The van der Waals surface area contributed by atoms with Gasteiger partial charge in [0.1, 0.15) is 0 Å². The molecule has 3 rings (SSSR count). The Morgan fingerprint density at radius 1 is 1.24 bits per heavy atom. The Bertz CT molecular complexity index is 750. The molecule has 0 saturated carbocycles. The van der Waals surface area contributed by atoms with Crippen LogP contribution in [0.25, 0.3) is 11.8 Å². The largest absolute Gasteiger partial charge is 0.370 e. The Morgan fingerprint density at radius 2 is 2.04 bits per heavy atom. The van der Waals surface area contributed by atoms with Crippen LogP contribution >= 0.6 is 0 Å². The van der Waals surface area contributed by atoms with Gasteiger partial charge in [-0.25, -0.2) is 4.98 Å². The average molecular weight is 338 g/mol. The van der Waals surface area contributed by atoms with Crippen molar-refractivity contribution in [1.29, 1.82) is 0 Å². The molecule has 2 amide bonds. The molecule has 0 aliphatic carbocycles. The molecular weight excluding hydrogens is 316 g/mol. The summed E-state index contributed by atoms with van der Waals surface area (Å²) in [5, 5.41) is 0. The van der Waals surface area contributed by atoms with Crippen molar-refractivity contribution in [3.05, 3.63) is 54.6 Å². The molecule has 1 saturated heterocycles. The highest BCUT2D eigenvalue weighted by atomic mass is 16.2. The van der Waals surface area contributed by atoms with Crippen molar-refractivity contribution < 1.29 is 9.59 Å². The first kappa shape index (κ1) is 17.0. The Labute approximate surface area is 147 Å². The standard InChI is InChI=1S/C19H22N4O2/c20-18(24)13-17-3-1-2-11-23(17)19(25)9-6-15-4-7-16(8-5-15)22-12-10-21-14-22/h4-10,12,14,17H,1-3,11,13H2,(H2,20,24)/b9-6-/t17-/m0/s1. The van der Waals surface area contributed by atoms with E-state index in [1.54, 1.807) is 29.6 Å². The predicted octanol–water partition coefficient (Wildman–Crippen LogP) is 2.14. The molecule has 1 aromatic heterocycles. The molecule has 1 fully saturated rings. The van der Waals surface area contributed by atoms with Gasteiger partial charge in [0, 0.05) is 43.2 Å². The highest BCUT2D eigenvalue weighted by molar-refractivity contribution is 5.92. The number of imidazole rings is 1. The maximum Gasteiger partial charge on any atom is 0.246 e. The zero-order valence-electron chi connectivity index (χ0n) is 14.0. The first-order valence-corrected chi connectivity index (χ1v) is 8.49. The third-order valence-electron chi connectivity index (χ3n) is 4.46. The first-order chi connectivity index (χ1) is 12.1. The number of piperidine rings is 1. The van der Waals surface area contributed by atoms with Crippen LogP contribution in [-0.2, 0) is 9.59 Å². The summed E-state index contributed by atoms with van der Waals surface area (Å²) in [6, 6.07) is 7.78. The number of rotatable bonds is 5. The van der Waals surface area contributed by atoms with Gasteiger partial charge in [-0.05, 0) is 43.0 Å². The van der Waals surface area contributed by atoms with Crippen LogP contribution in [0, 0.1) is 0 Å². The summed E-state index contributed by atoms with van der Waals surface area (Å²) >= 11 is 0. The minimum Gasteiger partial charge on any atom is -0.370 e. The van der Waals surface area contributed by atoms with E-state index in [0.29, 0.717) is 6.54 Å². The average Bonchev–Trinajstić information content (AvgIpc) is 3.15. The van der Waals surface area contributed by atoms with Gasteiger partial charge < -0.3 is 15.2 Å². The summed E-state index contributed by atoms with van der Waals surface area (Å²) in [4.78, 5) is 29.5. The van der Waals surface area contributed by atoms with Crippen molar-refractivity contribution in [1.82, 2.24) is 14.5 Å². The second-order valence-electron chi connectivity index (χ2n) is 6.25. The van der Waals surface area contributed by atoms with Gasteiger partial charge in [0.15, 0.2) is 0 Å². The zero-order chi connectivity index (χ0) is 17.6. The minimum absolute atomic E-state index is 0.0652. The monoisotopic (exact) mass is 338 g/mol. The molecule has 0 spiro atoms. The lowest BCUT2D eigenvalue weighted by molar-refractivity contribution is -0.130. The quantitative estimate of drug-likeness (QED) is 0.848. The van der Waals surface area contributed by atoms with Crippen LogP contribution < -0.4 is 5.73 Å². The van der Waals surface area contributed by atoms with Gasteiger partial charge in [0.2, 0.25) is 11.8 Å². The first-order valence-electron chi connectivity index (χ1n) is 8.49. The molecule has 1 aliphatic rings. The molecule has 1 atom stereocenters. The topological polar surface area (TPSA) is 81.2 Å². The Morgan fingerprint density at radius 3 is 2.72 bits per heavy atom. The van der Waals surface area contributed by atoms with Crippen LogP contribution in [0.15, 0.2) is 49.1 Å². The Balaban J connectivity index is 1.66. The number of carbonyl (C=O) groups is 2. The SMILES string of the molecule is NC(=O)C[C@@H]1CCCCN1C(=O)/C=C\c1ccc(-n2ccnc2)cc1. The van der Waals surface area contributed by atoms with Crippen LogP contribution in [0.3, 0.4) is 0 Å². The van der Waals surface area contributed by atoms with E-state index in [9.17, 15) is 9.59 Å². The summed E-state index contributed by atoms with van der Waals surface area (Å²) < 4.78 is 1.92. The molecule has 2 heterocycles. The third kappa shape index (κ3) is 4.35. The van der Waals surface area contributed by atoms with E-state index in [-0.39, 0.29) is 24.3 Å². The lowest BCUT2D eigenvalue weighted by atomic mass is 9.99. The molecular formula is C19H22N4O2. The Kier molecular flexibility index (Phi) is 5.28. The number of nitrogens with two attached hydrogens (primary N) is 1. The minimum atomic E-state index is -0.358. The number of primary amides is 1. The van der Waals surface area contributed by atoms with E-state index in [0.717, 1.165) is 30.5 Å². The second kappa shape index (κ2) is 7.79. The van der Waals surface area contributed by atoms with Crippen molar-refractivity contribution in [3.8, 4) is 5.69 Å². The lowest BCUT2D eigenvalue weighted by Gasteiger charge is -2.34. The van der Waals surface area contributed by atoms with E-state index in [4.69, 9.17) is 5.73 Å². The van der Waals surface area contributed by atoms with Crippen LogP contribution in [-0.4, -0.2) is 38.9 Å². The number of aromatic nitrogens is 2. The highest BCUT2D eigenvalue weighted by Gasteiger charge is 2.26. The molecule has 0 unspecified atom stereocenters. The van der Waals surface area contributed by atoms with Gasteiger partial charge in [-0.15, -0.1) is 0 Å². The molecule has 130 valence electrons. The molecule has 6 heteroatoms. The van der Waals surface area contributed by atoms with Crippen molar-refractivity contribution >= 4 is 17.9 Å². The van der Waals surface area contributed by atoms with Crippen LogP contribution in [0.2, 0.25) is 0 Å². The molecule has 6 nitrogen and oxygen atoms in total. The fourth-order valence-electron chi connectivity index (χ4n) is 3.17. The molecule has 25 heavy (non-hydrogen) atoms. The Hall–Kier alpha value is -2.89.